The van der Waals surface area contributed by atoms with Crippen molar-refractivity contribution in [2.75, 3.05) is 20.2 Å². The van der Waals surface area contributed by atoms with E-state index < -0.39 is 0 Å². The van der Waals surface area contributed by atoms with E-state index in [1.165, 1.54) is 6.42 Å². The summed E-state index contributed by atoms with van der Waals surface area (Å²) in [5.41, 5.74) is 0.923. The molecule has 1 aromatic carbocycles. The highest BCUT2D eigenvalue weighted by Gasteiger charge is 2.10. The standard InChI is InChI=1S/C15H25NO2/c1-5-18-14-8-6-7-13(15(14)17)11-16(4)10-9-12(2)3/h6-8,12,17H,5,9-11H2,1-4H3. The molecule has 0 aromatic heterocycles. The normalized spacial score (nSPS) is 11.2. The molecule has 0 atom stereocenters. The lowest BCUT2D eigenvalue weighted by atomic mass is 10.1. The van der Waals surface area contributed by atoms with Gasteiger partial charge in [0.1, 0.15) is 0 Å². The van der Waals surface area contributed by atoms with Gasteiger partial charge in [-0.15, -0.1) is 0 Å². The summed E-state index contributed by atoms with van der Waals surface area (Å²) in [6.07, 6.45) is 1.17. The highest BCUT2D eigenvalue weighted by atomic mass is 16.5. The molecule has 3 nitrogen and oxygen atoms in total. The molecule has 0 unspecified atom stereocenters. The Morgan fingerprint density at radius 1 is 1.33 bits per heavy atom. The minimum Gasteiger partial charge on any atom is -0.504 e. The van der Waals surface area contributed by atoms with Crippen molar-refractivity contribution in [3.8, 4) is 11.5 Å². The lowest BCUT2D eigenvalue weighted by molar-refractivity contribution is 0.290. The predicted molar refractivity (Wildman–Crippen MR) is 75.1 cm³/mol. The lowest BCUT2D eigenvalue weighted by Crippen LogP contribution is -2.20. The smallest absolute Gasteiger partial charge is 0.162 e. The molecule has 0 saturated carbocycles. The molecule has 0 spiro atoms. The van der Waals surface area contributed by atoms with Crippen molar-refractivity contribution in [3.05, 3.63) is 23.8 Å². The second-order valence-electron chi connectivity index (χ2n) is 5.12. The lowest BCUT2D eigenvalue weighted by Gasteiger charge is -2.19. The third-order valence-electron chi connectivity index (χ3n) is 2.91. The monoisotopic (exact) mass is 251 g/mol. The van der Waals surface area contributed by atoms with Crippen LogP contribution in [0.3, 0.4) is 0 Å². The maximum Gasteiger partial charge on any atom is 0.162 e. The van der Waals surface area contributed by atoms with Gasteiger partial charge in [0, 0.05) is 12.1 Å². The van der Waals surface area contributed by atoms with Gasteiger partial charge in [-0.2, -0.15) is 0 Å². The zero-order valence-electron chi connectivity index (χ0n) is 11.9. The highest BCUT2D eigenvalue weighted by Crippen LogP contribution is 2.30. The fourth-order valence-electron chi connectivity index (χ4n) is 1.82. The van der Waals surface area contributed by atoms with Gasteiger partial charge in [-0.1, -0.05) is 26.0 Å². The Balaban J connectivity index is 2.63. The van der Waals surface area contributed by atoms with Crippen molar-refractivity contribution < 1.29 is 9.84 Å². The number of phenolic OH excluding ortho intramolecular Hbond substituents is 1. The summed E-state index contributed by atoms with van der Waals surface area (Å²) < 4.78 is 5.39. The number of aromatic hydroxyl groups is 1. The molecule has 0 bridgehead atoms. The van der Waals surface area contributed by atoms with E-state index in [4.69, 9.17) is 4.74 Å². The summed E-state index contributed by atoms with van der Waals surface area (Å²) in [6, 6.07) is 5.68. The van der Waals surface area contributed by atoms with Crippen LogP contribution in [-0.4, -0.2) is 30.2 Å². The van der Waals surface area contributed by atoms with Gasteiger partial charge in [0.05, 0.1) is 6.61 Å². The van der Waals surface area contributed by atoms with E-state index in [1.54, 1.807) is 6.07 Å². The minimum absolute atomic E-state index is 0.274. The van der Waals surface area contributed by atoms with E-state index in [0.717, 1.165) is 18.7 Å². The van der Waals surface area contributed by atoms with Gasteiger partial charge in [0.25, 0.3) is 0 Å². The van der Waals surface area contributed by atoms with Crippen LogP contribution in [0.15, 0.2) is 18.2 Å². The molecule has 0 amide bonds. The molecule has 1 rings (SSSR count). The average Bonchev–Trinajstić information content (AvgIpc) is 2.32. The highest BCUT2D eigenvalue weighted by molar-refractivity contribution is 5.45. The van der Waals surface area contributed by atoms with Crippen LogP contribution in [0.25, 0.3) is 0 Å². The van der Waals surface area contributed by atoms with Gasteiger partial charge >= 0.3 is 0 Å². The van der Waals surface area contributed by atoms with Crippen LogP contribution in [0.5, 0.6) is 11.5 Å². The first-order chi connectivity index (χ1) is 8.54. The second-order valence-corrected chi connectivity index (χ2v) is 5.12. The number of ether oxygens (including phenoxy) is 1. The van der Waals surface area contributed by atoms with Crippen molar-refractivity contribution in [1.82, 2.24) is 4.90 Å². The molecule has 1 aromatic rings. The van der Waals surface area contributed by atoms with Crippen LogP contribution in [0.4, 0.5) is 0 Å². The number of para-hydroxylation sites is 1. The van der Waals surface area contributed by atoms with Crippen LogP contribution in [-0.2, 0) is 6.54 Å². The fourth-order valence-corrected chi connectivity index (χ4v) is 1.82. The van der Waals surface area contributed by atoms with Crippen LogP contribution in [0.2, 0.25) is 0 Å². The Morgan fingerprint density at radius 2 is 2.06 bits per heavy atom. The molecule has 102 valence electrons. The van der Waals surface area contributed by atoms with E-state index in [1.807, 2.05) is 19.1 Å². The molecule has 3 heteroatoms. The third kappa shape index (κ3) is 4.57. The van der Waals surface area contributed by atoms with Gasteiger partial charge in [-0.3, -0.25) is 0 Å². The Morgan fingerprint density at radius 3 is 2.67 bits per heavy atom. The molecule has 0 fully saturated rings. The quantitative estimate of drug-likeness (QED) is 0.807. The first kappa shape index (κ1) is 14.8. The molecule has 0 aliphatic heterocycles. The molecular weight excluding hydrogens is 226 g/mol. The van der Waals surface area contributed by atoms with E-state index in [9.17, 15) is 5.11 Å². The van der Waals surface area contributed by atoms with Crippen molar-refractivity contribution in [1.29, 1.82) is 0 Å². The van der Waals surface area contributed by atoms with E-state index in [2.05, 4.69) is 25.8 Å². The van der Waals surface area contributed by atoms with Crippen molar-refractivity contribution >= 4 is 0 Å². The topological polar surface area (TPSA) is 32.7 Å². The van der Waals surface area contributed by atoms with Crippen LogP contribution >= 0.6 is 0 Å². The van der Waals surface area contributed by atoms with E-state index in [0.29, 0.717) is 18.3 Å². The number of hydrogen-bond acceptors (Lipinski definition) is 3. The van der Waals surface area contributed by atoms with Gasteiger partial charge in [-0.25, -0.2) is 0 Å². The molecule has 0 heterocycles. The number of phenols is 1. The molecule has 0 aliphatic rings. The van der Waals surface area contributed by atoms with E-state index >= 15 is 0 Å². The number of hydrogen-bond donors (Lipinski definition) is 1. The van der Waals surface area contributed by atoms with E-state index in [-0.39, 0.29) is 5.75 Å². The first-order valence-corrected chi connectivity index (χ1v) is 6.66. The zero-order valence-corrected chi connectivity index (χ0v) is 11.9. The summed E-state index contributed by atoms with van der Waals surface area (Å²) in [7, 11) is 2.08. The summed E-state index contributed by atoms with van der Waals surface area (Å²) >= 11 is 0. The van der Waals surface area contributed by atoms with Crippen molar-refractivity contribution in [2.45, 2.75) is 33.7 Å². The Bertz CT molecular complexity index is 364. The molecular formula is C15H25NO2. The fraction of sp³-hybridized carbons (Fsp3) is 0.600. The molecule has 0 saturated heterocycles. The number of nitrogens with zero attached hydrogens (tertiary/aromatic N) is 1. The summed E-state index contributed by atoms with van der Waals surface area (Å²) in [5.74, 6) is 1.55. The number of benzene rings is 1. The Kier molecular flexibility index (Phi) is 5.99. The third-order valence-corrected chi connectivity index (χ3v) is 2.91. The minimum atomic E-state index is 0.274. The molecule has 1 N–H and O–H groups in total. The second kappa shape index (κ2) is 7.27. The predicted octanol–water partition coefficient (Wildman–Crippen LogP) is 3.27. The van der Waals surface area contributed by atoms with Crippen LogP contribution in [0.1, 0.15) is 32.8 Å². The largest absolute Gasteiger partial charge is 0.504 e. The van der Waals surface area contributed by atoms with Gasteiger partial charge in [0.15, 0.2) is 11.5 Å². The maximum absolute atomic E-state index is 10.1. The Labute approximate surface area is 110 Å². The molecule has 0 aliphatic carbocycles. The van der Waals surface area contributed by atoms with Crippen molar-refractivity contribution in [2.24, 2.45) is 5.92 Å². The molecule has 0 radical (unpaired) electrons. The maximum atomic E-state index is 10.1. The SMILES string of the molecule is CCOc1cccc(CN(C)CCC(C)C)c1O. The Hall–Kier alpha value is -1.22. The summed E-state index contributed by atoms with van der Waals surface area (Å²) in [6.45, 7) is 8.72. The van der Waals surface area contributed by atoms with Gasteiger partial charge < -0.3 is 14.7 Å². The van der Waals surface area contributed by atoms with Gasteiger partial charge in [-0.05, 0) is 38.9 Å². The van der Waals surface area contributed by atoms with Crippen molar-refractivity contribution in [3.63, 3.8) is 0 Å². The first-order valence-electron chi connectivity index (χ1n) is 6.66. The summed E-state index contributed by atoms with van der Waals surface area (Å²) in [5, 5.41) is 10.1. The van der Waals surface area contributed by atoms with Crippen LogP contribution < -0.4 is 4.74 Å². The molecule has 18 heavy (non-hydrogen) atoms. The average molecular weight is 251 g/mol. The zero-order chi connectivity index (χ0) is 13.5. The number of rotatable bonds is 7. The van der Waals surface area contributed by atoms with Gasteiger partial charge in [0.2, 0.25) is 0 Å². The summed E-state index contributed by atoms with van der Waals surface area (Å²) in [4.78, 5) is 2.23. The van der Waals surface area contributed by atoms with Crippen LogP contribution in [0, 0.1) is 5.92 Å².